The average molecular weight is 316 g/mol. The quantitative estimate of drug-likeness (QED) is 0.881. The number of carbonyl (C=O) groups is 2. The minimum absolute atomic E-state index is 0.0823. The van der Waals surface area contributed by atoms with Crippen LogP contribution < -0.4 is 5.32 Å². The summed E-state index contributed by atoms with van der Waals surface area (Å²) in [5, 5.41) is 3.40. The molecule has 0 unspecified atom stereocenters. The van der Waals surface area contributed by atoms with Crippen LogP contribution in [-0.4, -0.2) is 11.9 Å². The van der Waals surface area contributed by atoms with Crippen LogP contribution in [0.1, 0.15) is 18.1 Å². The fourth-order valence-corrected chi connectivity index (χ4v) is 2.63. The smallest absolute Gasteiger partial charge is 0.307 e. The lowest BCUT2D eigenvalue weighted by atomic mass is 9.94. The van der Waals surface area contributed by atoms with Crippen LogP contribution in [0.25, 0.3) is 0 Å². The Balaban J connectivity index is 1.78. The SMILES string of the molecule is O=C1C[C@@H](C(=O)Nc2ccc(Cl)cc2)[C@@H](c2ccccc2)O1. The molecule has 1 heterocycles. The van der Waals surface area contributed by atoms with Crippen LogP contribution in [0.5, 0.6) is 0 Å². The first-order chi connectivity index (χ1) is 10.6. The number of rotatable bonds is 3. The molecule has 1 saturated heterocycles. The van der Waals surface area contributed by atoms with Crippen molar-refractivity contribution in [1.29, 1.82) is 0 Å². The highest BCUT2D eigenvalue weighted by Gasteiger charge is 2.40. The Morgan fingerprint density at radius 3 is 2.45 bits per heavy atom. The molecule has 1 N–H and O–H groups in total. The lowest BCUT2D eigenvalue weighted by Gasteiger charge is -2.17. The van der Waals surface area contributed by atoms with Gasteiger partial charge in [-0.2, -0.15) is 0 Å². The molecule has 0 aliphatic carbocycles. The number of nitrogens with one attached hydrogen (secondary N) is 1. The van der Waals surface area contributed by atoms with E-state index in [1.165, 1.54) is 0 Å². The fraction of sp³-hybridized carbons (Fsp3) is 0.176. The Morgan fingerprint density at radius 1 is 1.09 bits per heavy atom. The molecule has 1 aliphatic rings. The number of hydrogen-bond donors (Lipinski definition) is 1. The Morgan fingerprint density at radius 2 is 1.77 bits per heavy atom. The fourth-order valence-electron chi connectivity index (χ4n) is 2.50. The lowest BCUT2D eigenvalue weighted by molar-refractivity contribution is -0.141. The van der Waals surface area contributed by atoms with E-state index in [1.807, 2.05) is 30.3 Å². The Bertz CT molecular complexity index is 685. The van der Waals surface area contributed by atoms with Crippen molar-refractivity contribution in [3.05, 3.63) is 65.2 Å². The van der Waals surface area contributed by atoms with Gasteiger partial charge in [-0.15, -0.1) is 0 Å². The van der Waals surface area contributed by atoms with E-state index in [-0.39, 0.29) is 18.3 Å². The number of cyclic esters (lactones) is 1. The van der Waals surface area contributed by atoms with Crippen molar-refractivity contribution in [3.8, 4) is 0 Å². The molecule has 1 fully saturated rings. The number of benzene rings is 2. The molecule has 4 nitrogen and oxygen atoms in total. The van der Waals surface area contributed by atoms with E-state index in [4.69, 9.17) is 16.3 Å². The van der Waals surface area contributed by atoms with E-state index in [2.05, 4.69) is 5.32 Å². The molecule has 1 amide bonds. The maximum atomic E-state index is 12.5. The molecule has 0 spiro atoms. The second-order valence-corrected chi connectivity index (χ2v) is 5.56. The molecule has 2 atom stereocenters. The summed E-state index contributed by atoms with van der Waals surface area (Å²) in [5.74, 6) is -1.13. The van der Waals surface area contributed by atoms with E-state index in [0.717, 1.165) is 5.56 Å². The molecule has 2 aromatic carbocycles. The van der Waals surface area contributed by atoms with Crippen LogP contribution >= 0.6 is 11.6 Å². The second kappa shape index (κ2) is 6.20. The summed E-state index contributed by atoms with van der Waals surface area (Å²) in [6.45, 7) is 0. The minimum atomic E-state index is -0.541. The van der Waals surface area contributed by atoms with Crippen LogP contribution in [0.3, 0.4) is 0 Å². The van der Waals surface area contributed by atoms with Crippen LogP contribution in [0.15, 0.2) is 54.6 Å². The molecule has 3 rings (SSSR count). The zero-order chi connectivity index (χ0) is 15.5. The number of halogens is 1. The first-order valence-electron chi connectivity index (χ1n) is 6.94. The van der Waals surface area contributed by atoms with Crippen LogP contribution in [0, 0.1) is 5.92 Å². The molecule has 112 valence electrons. The van der Waals surface area contributed by atoms with Gasteiger partial charge < -0.3 is 10.1 Å². The van der Waals surface area contributed by atoms with Crippen LogP contribution in [0.2, 0.25) is 5.02 Å². The van der Waals surface area contributed by atoms with Crippen molar-refractivity contribution in [1.82, 2.24) is 0 Å². The number of anilines is 1. The Kier molecular flexibility index (Phi) is 4.11. The molecule has 0 aromatic heterocycles. The van der Waals surface area contributed by atoms with Gasteiger partial charge in [0.2, 0.25) is 5.91 Å². The highest BCUT2D eigenvalue weighted by molar-refractivity contribution is 6.30. The predicted molar refractivity (Wildman–Crippen MR) is 83.5 cm³/mol. The van der Waals surface area contributed by atoms with Crippen molar-refractivity contribution < 1.29 is 14.3 Å². The summed E-state index contributed by atoms with van der Waals surface area (Å²) in [5.41, 5.74) is 1.46. The summed E-state index contributed by atoms with van der Waals surface area (Å²) < 4.78 is 5.32. The van der Waals surface area contributed by atoms with E-state index < -0.39 is 12.0 Å². The third-order valence-corrected chi connectivity index (χ3v) is 3.84. The van der Waals surface area contributed by atoms with Crippen molar-refractivity contribution in [3.63, 3.8) is 0 Å². The maximum absolute atomic E-state index is 12.5. The third-order valence-electron chi connectivity index (χ3n) is 3.59. The van der Waals surface area contributed by atoms with Gasteiger partial charge in [0.05, 0.1) is 12.3 Å². The highest BCUT2D eigenvalue weighted by Crippen LogP contribution is 2.36. The zero-order valence-electron chi connectivity index (χ0n) is 11.7. The highest BCUT2D eigenvalue weighted by atomic mass is 35.5. The minimum Gasteiger partial charge on any atom is -0.457 e. The van der Waals surface area contributed by atoms with Gasteiger partial charge in [0, 0.05) is 10.7 Å². The number of amides is 1. The number of carbonyl (C=O) groups excluding carboxylic acids is 2. The van der Waals surface area contributed by atoms with Crippen LogP contribution in [0.4, 0.5) is 5.69 Å². The molecule has 2 aromatic rings. The van der Waals surface area contributed by atoms with Gasteiger partial charge in [0.15, 0.2) is 0 Å². The van der Waals surface area contributed by atoms with Gasteiger partial charge in [-0.05, 0) is 29.8 Å². The van der Waals surface area contributed by atoms with Crippen molar-refractivity contribution in [2.24, 2.45) is 5.92 Å². The first kappa shape index (κ1) is 14.6. The Labute approximate surface area is 133 Å². The molecular formula is C17H14ClNO3. The van der Waals surface area contributed by atoms with Gasteiger partial charge in [-0.25, -0.2) is 0 Å². The lowest BCUT2D eigenvalue weighted by Crippen LogP contribution is -2.25. The maximum Gasteiger partial charge on any atom is 0.307 e. The predicted octanol–water partition coefficient (Wildman–Crippen LogP) is 3.58. The van der Waals surface area contributed by atoms with Crippen molar-refractivity contribution in [2.75, 3.05) is 5.32 Å². The van der Waals surface area contributed by atoms with Gasteiger partial charge in [0.25, 0.3) is 0 Å². The summed E-state index contributed by atoms with van der Waals surface area (Å²) in [6.07, 6.45) is -0.458. The normalized spacial score (nSPS) is 20.5. The molecule has 0 saturated carbocycles. The van der Waals surface area contributed by atoms with E-state index in [1.54, 1.807) is 24.3 Å². The molecule has 0 radical (unpaired) electrons. The molecule has 22 heavy (non-hydrogen) atoms. The van der Waals surface area contributed by atoms with Crippen molar-refractivity contribution >= 4 is 29.2 Å². The summed E-state index contributed by atoms with van der Waals surface area (Å²) in [6, 6.07) is 16.1. The largest absolute Gasteiger partial charge is 0.457 e. The van der Waals surface area contributed by atoms with E-state index >= 15 is 0 Å². The van der Waals surface area contributed by atoms with Gasteiger partial charge in [0.1, 0.15) is 6.10 Å². The topological polar surface area (TPSA) is 55.4 Å². The first-order valence-corrected chi connectivity index (χ1v) is 7.32. The number of ether oxygens (including phenoxy) is 1. The summed E-state index contributed by atoms with van der Waals surface area (Å²) in [4.78, 5) is 24.1. The molecule has 1 aliphatic heterocycles. The number of esters is 1. The van der Waals surface area contributed by atoms with Crippen LogP contribution in [-0.2, 0) is 14.3 Å². The summed E-state index contributed by atoms with van der Waals surface area (Å²) in [7, 11) is 0. The molecular weight excluding hydrogens is 302 g/mol. The van der Waals surface area contributed by atoms with Gasteiger partial charge >= 0.3 is 5.97 Å². The average Bonchev–Trinajstić information content (AvgIpc) is 2.92. The molecule has 0 bridgehead atoms. The monoisotopic (exact) mass is 315 g/mol. The van der Waals surface area contributed by atoms with Gasteiger partial charge in [-0.1, -0.05) is 41.9 Å². The van der Waals surface area contributed by atoms with E-state index in [9.17, 15) is 9.59 Å². The summed E-state index contributed by atoms with van der Waals surface area (Å²) >= 11 is 5.82. The molecule has 5 heteroatoms. The number of hydrogen-bond acceptors (Lipinski definition) is 3. The van der Waals surface area contributed by atoms with Crippen molar-refractivity contribution in [2.45, 2.75) is 12.5 Å². The Hall–Kier alpha value is -2.33. The second-order valence-electron chi connectivity index (χ2n) is 5.13. The zero-order valence-corrected chi connectivity index (χ0v) is 12.4. The third kappa shape index (κ3) is 3.12. The van der Waals surface area contributed by atoms with E-state index in [0.29, 0.717) is 10.7 Å². The van der Waals surface area contributed by atoms with Gasteiger partial charge in [-0.3, -0.25) is 9.59 Å². The standard InChI is InChI=1S/C17H14ClNO3/c18-12-6-8-13(9-7-12)19-17(21)14-10-15(20)22-16(14)11-4-2-1-3-5-11/h1-9,14,16H,10H2,(H,19,21)/t14-,16-/m1/s1.